The fraction of sp³-hybridized carbons (Fsp3) is 0.414. The van der Waals surface area contributed by atoms with E-state index < -0.39 is 0 Å². The first-order chi connectivity index (χ1) is 17.3. The molecule has 7 nitrogen and oxygen atoms in total. The Morgan fingerprint density at radius 1 is 0.972 bits per heavy atom. The van der Waals surface area contributed by atoms with Gasteiger partial charge in [-0.1, -0.05) is 69.3 Å². The summed E-state index contributed by atoms with van der Waals surface area (Å²) >= 11 is 0. The molecule has 0 bridgehead atoms. The molecule has 3 aromatic rings. The smallest absolute Gasteiger partial charge is 0.227 e. The summed E-state index contributed by atoms with van der Waals surface area (Å²) in [5.41, 5.74) is 3.69. The Hall–Kier alpha value is -3.61. The number of hydrogen-bond acceptors (Lipinski definition) is 4. The number of carbonyl (C=O) groups excluding carboxylic acids is 2. The minimum Gasteiger partial charge on any atom is -0.355 e. The molecule has 4 rings (SSSR count). The highest BCUT2D eigenvalue weighted by Crippen LogP contribution is 2.35. The van der Waals surface area contributed by atoms with Crippen LogP contribution in [0, 0.1) is 18.8 Å². The van der Waals surface area contributed by atoms with Gasteiger partial charge in [-0.15, -0.1) is 0 Å². The van der Waals surface area contributed by atoms with E-state index in [2.05, 4.69) is 34.6 Å². The van der Waals surface area contributed by atoms with Crippen LogP contribution in [0.25, 0.3) is 5.69 Å². The number of anilines is 2. The van der Waals surface area contributed by atoms with Crippen molar-refractivity contribution in [1.29, 1.82) is 0 Å². The van der Waals surface area contributed by atoms with Gasteiger partial charge in [0, 0.05) is 31.5 Å². The zero-order valence-electron chi connectivity index (χ0n) is 21.7. The lowest BCUT2D eigenvalue weighted by molar-refractivity contribution is -0.125. The van der Waals surface area contributed by atoms with Gasteiger partial charge in [-0.05, 0) is 43.4 Å². The Morgan fingerprint density at radius 3 is 2.19 bits per heavy atom. The predicted molar refractivity (Wildman–Crippen MR) is 145 cm³/mol. The number of nitrogens with zero attached hydrogens (tertiary/aromatic N) is 3. The second kappa shape index (κ2) is 11.4. The van der Waals surface area contributed by atoms with Crippen LogP contribution in [0.3, 0.4) is 0 Å². The number of benzene rings is 2. The van der Waals surface area contributed by atoms with E-state index in [0.29, 0.717) is 6.54 Å². The van der Waals surface area contributed by atoms with E-state index >= 15 is 0 Å². The van der Waals surface area contributed by atoms with Crippen molar-refractivity contribution >= 4 is 23.3 Å². The van der Waals surface area contributed by atoms with Crippen molar-refractivity contribution in [3.63, 3.8) is 0 Å². The number of para-hydroxylation sites is 1. The first-order valence-electron chi connectivity index (χ1n) is 12.9. The molecule has 1 aromatic heterocycles. The summed E-state index contributed by atoms with van der Waals surface area (Å²) in [6.45, 7) is 9.90. The average molecular weight is 488 g/mol. The maximum atomic E-state index is 13.0. The molecule has 2 amide bonds. The second-order valence-corrected chi connectivity index (χ2v) is 9.99. The second-order valence-electron chi connectivity index (χ2n) is 9.99. The molecule has 0 spiro atoms. The van der Waals surface area contributed by atoms with Gasteiger partial charge in [0.25, 0.3) is 0 Å². The van der Waals surface area contributed by atoms with Crippen molar-refractivity contribution in [3.05, 3.63) is 71.9 Å². The zero-order valence-corrected chi connectivity index (χ0v) is 21.7. The van der Waals surface area contributed by atoms with Crippen LogP contribution in [-0.4, -0.2) is 41.2 Å². The number of rotatable bonds is 8. The molecule has 0 radical (unpaired) electrons. The van der Waals surface area contributed by atoms with E-state index in [9.17, 15) is 9.59 Å². The van der Waals surface area contributed by atoms with Crippen LogP contribution in [0.5, 0.6) is 0 Å². The van der Waals surface area contributed by atoms with Gasteiger partial charge in [0.2, 0.25) is 11.8 Å². The SMILES string of the molecule is Cc1nn(-c2ccccc2)c(N2CCC(C(=O)NC[C@H](C)c3ccccc3)CC2)c1NC(=O)C(C)C. The molecule has 0 aliphatic carbocycles. The molecule has 190 valence electrons. The Labute approximate surface area is 213 Å². The summed E-state index contributed by atoms with van der Waals surface area (Å²) in [7, 11) is 0. The van der Waals surface area contributed by atoms with E-state index in [1.54, 1.807) is 0 Å². The molecule has 1 aliphatic heterocycles. The summed E-state index contributed by atoms with van der Waals surface area (Å²) in [5, 5.41) is 11.1. The van der Waals surface area contributed by atoms with Crippen LogP contribution >= 0.6 is 0 Å². The third-order valence-corrected chi connectivity index (χ3v) is 6.93. The molecule has 1 atom stereocenters. The maximum Gasteiger partial charge on any atom is 0.227 e. The molecule has 7 heteroatoms. The Kier molecular flexibility index (Phi) is 8.08. The van der Waals surface area contributed by atoms with E-state index in [-0.39, 0.29) is 29.6 Å². The predicted octanol–water partition coefficient (Wildman–Crippen LogP) is 4.91. The van der Waals surface area contributed by atoms with Crippen molar-refractivity contribution < 1.29 is 9.59 Å². The Balaban J connectivity index is 1.46. The van der Waals surface area contributed by atoms with Crippen LogP contribution in [0.4, 0.5) is 11.5 Å². The molecule has 2 N–H and O–H groups in total. The largest absolute Gasteiger partial charge is 0.355 e. The van der Waals surface area contributed by atoms with Gasteiger partial charge in [-0.25, -0.2) is 4.68 Å². The molecule has 36 heavy (non-hydrogen) atoms. The Morgan fingerprint density at radius 2 is 1.58 bits per heavy atom. The summed E-state index contributed by atoms with van der Waals surface area (Å²) < 4.78 is 1.91. The molecule has 1 fully saturated rings. The van der Waals surface area contributed by atoms with E-state index in [4.69, 9.17) is 5.10 Å². The highest BCUT2D eigenvalue weighted by Gasteiger charge is 2.30. The molecule has 0 saturated carbocycles. The highest BCUT2D eigenvalue weighted by molar-refractivity contribution is 5.96. The van der Waals surface area contributed by atoms with Crippen molar-refractivity contribution in [1.82, 2.24) is 15.1 Å². The molecule has 2 aromatic carbocycles. The van der Waals surface area contributed by atoms with Gasteiger partial charge in [-0.3, -0.25) is 9.59 Å². The van der Waals surface area contributed by atoms with Crippen molar-refractivity contribution in [3.8, 4) is 5.69 Å². The van der Waals surface area contributed by atoms with Gasteiger partial charge in [0.1, 0.15) is 5.69 Å². The standard InChI is InChI=1S/C29H37N5O2/c1-20(2)27(35)31-26-22(4)32-34(25-13-9-6-10-14-25)29(26)33-17-15-24(16-18-33)28(36)30-19-21(3)23-11-7-5-8-12-23/h5-14,20-21,24H,15-19H2,1-4H3,(H,30,36)(H,31,35)/t21-/m0/s1. The lowest BCUT2D eigenvalue weighted by Crippen LogP contribution is -2.42. The minimum absolute atomic E-state index is 0.0212. The molecule has 1 saturated heterocycles. The monoisotopic (exact) mass is 487 g/mol. The number of nitrogens with one attached hydrogen (secondary N) is 2. The van der Waals surface area contributed by atoms with Crippen LogP contribution in [-0.2, 0) is 9.59 Å². The first-order valence-corrected chi connectivity index (χ1v) is 12.9. The number of hydrogen-bond donors (Lipinski definition) is 2. The number of aryl methyl sites for hydroxylation is 1. The summed E-state index contributed by atoms with van der Waals surface area (Å²) in [5.74, 6) is 1.08. The van der Waals surface area contributed by atoms with Gasteiger partial charge in [0.05, 0.1) is 11.4 Å². The summed E-state index contributed by atoms with van der Waals surface area (Å²) in [4.78, 5) is 27.8. The van der Waals surface area contributed by atoms with Crippen molar-refractivity contribution in [2.24, 2.45) is 11.8 Å². The lowest BCUT2D eigenvalue weighted by atomic mass is 9.95. The molecule has 2 heterocycles. The summed E-state index contributed by atoms with van der Waals surface area (Å²) in [6.07, 6.45) is 1.50. The van der Waals surface area contributed by atoms with Gasteiger partial charge < -0.3 is 15.5 Å². The Bertz CT molecular complexity index is 1170. The van der Waals surface area contributed by atoms with Crippen LogP contribution in [0.1, 0.15) is 50.8 Å². The molecule has 1 aliphatic rings. The number of aromatic nitrogens is 2. The fourth-order valence-corrected chi connectivity index (χ4v) is 4.62. The van der Waals surface area contributed by atoms with Gasteiger partial charge in [-0.2, -0.15) is 5.10 Å². The third-order valence-electron chi connectivity index (χ3n) is 6.93. The number of piperidine rings is 1. The van der Waals surface area contributed by atoms with Crippen LogP contribution in [0.15, 0.2) is 60.7 Å². The molecule has 0 unspecified atom stereocenters. The van der Waals surface area contributed by atoms with E-state index in [1.165, 1.54) is 5.56 Å². The van der Waals surface area contributed by atoms with Gasteiger partial charge >= 0.3 is 0 Å². The number of amides is 2. The maximum absolute atomic E-state index is 13.0. The van der Waals surface area contributed by atoms with E-state index in [0.717, 1.165) is 48.8 Å². The average Bonchev–Trinajstić information content (AvgIpc) is 3.23. The van der Waals surface area contributed by atoms with Gasteiger partial charge in [0.15, 0.2) is 5.82 Å². The first kappa shape index (κ1) is 25.5. The topological polar surface area (TPSA) is 79.3 Å². The van der Waals surface area contributed by atoms with E-state index in [1.807, 2.05) is 74.0 Å². The van der Waals surface area contributed by atoms with Crippen LogP contribution in [0.2, 0.25) is 0 Å². The molecular formula is C29H37N5O2. The van der Waals surface area contributed by atoms with Crippen molar-refractivity contribution in [2.75, 3.05) is 29.9 Å². The quantitative estimate of drug-likeness (QED) is 0.473. The summed E-state index contributed by atoms with van der Waals surface area (Å²) in [6, 6.07) is 20.2. The van der Waals surface area contributed by atoms with Crippen molar-refractivity contribution in [2.45, 2.75) is 46.5 Å². The minimum atomic E-state index is -0.134. The zero-order chi connectivity index (χ0) is 25.7. The van der Waals surface area contributed by atoms with Crippen LogP contribution < -0.4 is 15.5 Å². The highest BCUT2D eigenvalue weighted by atomic mass is 16.2. The third kappa shape index (κ3) is 5.78. The fourth-order valence-electron chi connectivity index (χ4n) is 4.62. The normalized spacial score (nSPS) is 15.1. The number of carbonyl (C=O) groups is 2. The molecular weight excluding hydrogens is 450 g/mol. The lowest BCUT2D eigenvalue weighted by Gasteiger charge is -2.34.